The number of nitrogens with one attached hydrogen (secondary N) is 1. The topological polar surface area (TPSA) is 75.7 Å². The van der Waals surface area contributed by atoms with Crippen molar-refractivity contribution >= 4 is 29.5 Å². The zero-order valence-corrected chi connectivity index (χ0v) is 13.3. The molecular formula is C14H22N2O4S. The summed E-state index contributed by atoms with van der Waals surface area (Å²) in [5, 5.41) is 2.63. The monoisotopic (exact) mass is 314 g/mol. The number of rotatable bonds is 4. The highest BCUT2D eigenvalue weighted by molar-refractivity contribution is 7.99. The first-order chi connectivity index (χ1) is 10.0. The summed E-state index contributed by atoms with van der Waals surface area (Å²) in [5.74, 6) is 0.533. The average molecular weight is 314 g/mol. The van der Waals surface area contributed by atoms with Crippen molar-refractivity contribution < 1.29 is 19.1 Å². The fourth-order valence-electron chi connectivity index (χ4n) is 2.83. The number of amides is 2. The van der Waals surface area contributed by atoms with Crippen LogP contribution >= 0.6 is 11.8 Å². The molecule has 0 spiro atoms. The van der Waals surface area contributed by atoms with E-state index in [2.05, 4.69) is 10.1 Å². The number of nitrogens with zero attached hydrogens (tertiary/aromatic N) is 1. The van der Waals surface area contributed by atoms with E-state index in [9.17, 15) is 14.4 Å². The maximum absolute atomic E-state index is 12.5. The number of hydrogen-bond donors (Lipinski definition) is 1. The van der Waals surface area contributed by atoms with Crippen molar-refractivity contribution in [3.8, 4) is 0 Å². The molecule has 2 fully saturated rings. The van der Waals surface area contributed by atoms with E-state index in [4.69, 9.17) is 0 Å². The van der Waals surface area contributed by atoms with Crippen molar-refractivity contribution in [2.75, 3.05) is 18.7 Å². The van der Waals surface area contributed by atoms with Crippen LogP contribution in [-0.4, -0.2) is 53.5 Å². The molecule has 118 valence electrons. The normalized spacial score (nSPS) is 23.9. The maximum atomic E-state index is 12.5. The summed E-state index contributed by atoms with van der Waals surface area (Å²) in [6.07, 6.45) is 4.03. The highest BCUT2D eigenvalue weighted by Gasteiger charge is 2.38. The molecule has 7 heteroatoms. The SMILES string of the molecule is COC(=O)[C@H](C)NC(=O)[C@@H]1CSCN1C(=O)C1CCCC1. The largest absolute Gasteiger partial charge is 0.467 e. The van der Waals surface area contributed by atoms with Gasteiger partial charge in [-0.05, 0) is 19.8 Å². The Labute approximate surface area is 129 Å². The van der Waals surface area contributed by atoms with Gasteiger partial charge < -0.3 is 15.0 Å². The van der Waals surface area contributed by atoms with Crippen molar-refractivity contribution in [2.45, 2.75) is 44.7 Å². The minimum absolute atomic E-state index is 0.0667. The van der Waals surface area contributed by atoms with Gasteiger partial charge in [-0.15, -0.1) is 11.8 Å². The van der Waals surface area contributed by atoms with Crippen LogP contribution in [0.3, 0.4) is 0 Å². The third kappa shape index (κ3) is 3.70. The number of esters is 1. The van der Waals surface area contributed by atoms with Crippen LogP contribution in [0, 0.1) is 5.92 Å². The Morgan fingerprint density at radius 2 is 1.95 bits per heavy atom. The Morgan fingerprint density at radius 3 is 2.57 bits per heavy atom. The number of thioether (sulfide) groups is 1. The molecule has 1 aliphatic heterocycles. The first-order valence-electron chi connectivity index (χ1n) is 7.31. The van der Waals surface area contributed by atoms with Gasteiger partial charge in [-0.3, -0.25) is 9.59 Å². The fourth-order valence-corrected chi connectivity index (χ4v) is 3.99. The molecular weight excluding hydrogens is 292 g/mol. The molecule has 0 unspecified atom stereocenters. The van der Waals surface area contributed by atoms with Crippen molar-refractivity contribution in [3.63, 3.8) is 0 Å². The van der Waals surface area contributed by atoms with Gasteiger partial charge in [-0.2, -0.15) is 0 Å². The molecule has 1 aliphatic carbocycles. The lowest BCUT2D eigenvalue weighted by Gasteiger charge is -2.26. The predicted octanol–water partition coefficient (Wildman–Crippen LogP) is 0.756. The summed E-state index contributed by atoms with van der Waals surface area (Å²) in [6.45, 7) is 1.58. The first kappa shape index (κ1) is 16.1. The molecule has 1 saturated heterocycles. The molecule has 0 aromatic carbocycles. The van der Waals surface area contributed by atoms with E-state index < -0.39 is 18.1 Å². The highest BCUT2D eigenvalue weighted by atomic mass is 32.2. The molecule has 2 aliphatic rings. The molecule has 21 heavy (non-hydrogen) atoms. The molecule has 1 saturated carbocycles. The molecule has 0 bridgehead atoms. The number of ether oxygens (including phenoxy) is 1. The van der Waals surface area contributed by atoms with Gasteiger partial charge in [-0.25, -0.2) is 4.79 Å². The lowest BCUT2D eigenvalue weighted by Crippen LogP contribution is -2.52. The summed E-state index contributed by atoms with van der Waals surface area (Å²) < 4.78 is 4.59. The first-order valence-corrected chi connectivity index (χ1v) is 8.46. The summed E-state index contributed by atoms with van der Waals surface area (Å²) in [6, 6.07) is -1.17. The van der Waals surface area contributed by atoms with Crippen LogP contribution in [-0.2, 0) is 19.1 Å². The van der Waals surface area contributed by atoms with Gasteiger partial charge in [0.1, 0.15) is 12.1 Å². The van der Waals surface area contributed by atoms with Gasteiger partial charge in [0.2, 0.25) is 11.8 Å². The number of carbonyl (C=O) groups is 3. The third-order valence-corrected chi connectivity index (χ3v) is 5.10. The zero-order chi connectivity index (χ0) is 15.4. The van der Waals surface area contributed by atoms with E-state index in [0.717, 1.165) is 25.7 Å². The van der Waals surface area contributed by atoms with E-state index in [1.54, 1.807) is 23.6 Å². The molecule has 1 N–H and O–H groups in total. The molecule has 0 aromatic rings. The van der Waals surface area contributed by atoms with Gasteiger partial charge >= 0.3 is 5.97 Å². The lowest BCUT2D eigenvalue weighted by molar-refractivity contribution is -0.146. The van der Waals surface area contributed by atoms with Crippen molar-refractivity contribution in [2.24, 2.45) is 5.92 Å². The van der Waals surface area contributed by atoms with Gasteiger partial charge in [0.15, 0.2) is 0 Å². The molecule has 0 aromatic heterocycles. The van der Waals surface area contributed by atoms with Crippen molar-refractivity contribution in [1.82, 2.24) is 10.2 Å². The van der Waals surface area contributed by atoms with Crippen LogP contribution in [0.5, 0.6) is 0 Å². The Balaban J connectivity index is 1.95. The smallest absolute Gasteiger partial charge is 0.328 e. The molecule has 2 rings (SSSR count). The Kier molecular flexibility index (Phi) is 5.50. The minimum atomic E-state index is -0.698. The predicted molar refractivity (Wildman–Crippen MR) is 79.5 cm³/mol. The number of methoxy groups -OCH3 is 1. The van der Waals surface area contributed by atoms with Gasteiger partial charge in [-0.1, -0.05) is 12.8 Å². The van der Waals surface area contributed by atoms with Gasteiger partial charge in [0, 0.05) is 11.7 Å². The second-order valence-electron chi connectivity index (χ2n) is 5.56. The molecule has 6 nitrogen and oxygen atoms in total. The number of carbonyl (C=O) groups excluding carboxylic acids is 3. The molecule has 0 radical (unpaired) electrons. The zero-order valence-electron chi connectivity index (χ0n) is 12.5. The summed E-state index contributed by atoms with van der Waals surface area (Å²) in [4.78, 5) is 37.8. The van der Waals surface area contributed by atoms with Crippen LogP contribution in [0.25, 0.3) is 0 Å². The van der Waals surface area contributed by atoms with Crippen LogP contribution in [0.2, 0.25) is 0 Å². The standard InChI is InChI=1S/C14H22N2O4S/c1-9(14(19)20-2)15-12(17)11-7-21-8-16(11)13(18)10-5-3-4-6-10/h9-11H,3-8H2,1-2H3,(H,15,17)/t9-,11-/m0/s1. The van der Waals surface area contributed by atoms with E-state index in [-0.39, 0.29) is 17.7 Å². The maximum Gasteiger partial charge on any atom is 0.328 e. The van der Waals surface area contributed by atoms with Crippen LogP contribution in [0.15, 0.2) is 0 Å². The fraction of sp³-hybridized carbons (Fsp3) is 0.786. The minimum Gasteiger partial charge on any atom is -0.467 e. The summed E-state index contributed by atoms with van der Waals surface area (Å²) >= 11 is 1.58. The quantitative estimate of drug-likeness (QED) is 0.775. The average Bonchev–Trinajstić information content (AvgIpc) is 3.16. The van der Waals surface area contributed by atoms with Crippen LogP contribution < -0.4 is 5.32 Å². The molecule has 2 atom stereocenters. The molecule has 2 amide bonds. The highest BCUT2D eigenvalue weighted by Crippen LogP contribution is 2.30. The second kappa shape index (κ2) is 7.15. The number of hydrogen-bond acceptors (Lipinski definition) is 5. The second-order valence-corrected chi connectivity index (χ2v) is 6.56. The third-order valence-electron chi connectivity index (χ3n) is 4.09. The molecule has 1 heterocycles. The van der Waals surface area contributed by atoms with E-state index >= 15 is 0 Å². The summed E-state index contributed by atoms with van der Waals surface area (Å²) in [7, 11) is 1.28. The van der Waals surface area contributed by atoms with Crippen LogP contribution in [0.4, 0.5) is 0 Å². The van der Waals surface area contributed by atoms with Gasteiger partial charge in [0.25, 0.3) is 0 Å². The summed E-state index contributed by atoms with van der Waals surface area (Å²) in [5.41, 5.74) is 0. The van der Waals surface area contributed by atoms with Gasteiger partial charge in [0.05, 0.1) is 13.0 Å². The Bertz CT molecular complexity index is 423. The van der Waals surface area contributed by atoms with E-state index in [1.807, 2.05) is 0 Å². The lowest BCUT2D eigenvalue weighted by atomic mass is 10.1. The Morgan fingerprint density at radius 1 is 1.29 bits per heavy atom. The van der Waals surface area contributed by atoms with Crippen molar-refractivity contribution in [1.29, 1.82) is 0 Å². The Hall–Kier alpha value is -1.24. The van der Waals surface area contributed by atoms with Crippen LogP contribution in [0.1, 0.15) is 32.6 Å². The van der Waals surface area contributed by atoms with Crippen molar-refractivity contribution in [3.05, 3.63) is 0 Å². The van der Waals surface area contributed by atoms with E-state index in [1.165, 1.54) is 7.11 Å². The van der Waals surface area contributed by atoms with E-state index in [0.29, 0.717) is 11.6 Å².